The Morgan fingerprint density at radius 2 is 2.05 bits per heavy atom. The number of hydrogen-bond acceptors (Lipinski definition) is 4. The number of nitrogens with zero attached hydrogens (tertiary/aromatic N) is 3. The van der Waals surface area contributed by atoms with Crippen molar-refractivity contribution < 1.29 is 8.42 Å². The largest absolute Gasteiger partial charge is 0.355 e. The van der Waals surface area contributed by atoms with Crippen molar-refractivity contribution in [3.05, 3.63) is 0 Å². The van der Waals surface area contributed by atoms with Crippen molar-refractivity contribution in [2.75, 3.05) is 46.5 Å². The van der Waals surface area contributed by atoms with E-state index in [0.717, 1.165) is 18.4 Å². The van der Waals surface area contributed by atoms with Gasteiger partial charge in [0.05, 0.1) is 10.5 Å². The molecule has 0 amide bonds. The summed E-state index contributed by atoms with van der Waals surface area (Å²) in [5.74, 6) is 1.79. The lowest BCUT2D eigenvalue weighted by molar-refractivity contribution is 0.260. The number of guanidine groups is 1. The first-order valence-corrected chi connectivity index (χ1v) is 9.67. The van der Waals surface area contributed by atoms with E-state index < -0.39 is 14.6 Å². The minimum atomic E-state index is -3.02. The van der Waals surface area contributed by atoms with E-state index in [0.29, 0.717) is 19.1 Å². The maximum Gasteiger partial charge on any atom is 0.193 e. The van der Waals surface area contributed by atoms with Crippen LogP contribution in [0.3, 0.4) is 0 Å². The molecule has 22 heavy (non-hydrogen) atoms. The second kappa shape index (κ2) is 6.35. The zero-order chi connectivity index (χ0) is 16.5. The molecular weight excluding hydrogens is 300 g/mol. The molecular formula is C15H30N4O2S. The second-order valence-electron chi connectivity index (χ2n) is 7.30. The Morgan fingerprint density at radius 1 is 1.41 bits per heavy atom. The zero-order valence-corrected chi connectivity index (χ0v) is 15.3. The van der Waals surface area contributed by atoms with E-state index in [2.05, 4.69) is 34.2 Å². The van der Waals surface area contributed by atoms with E-state index in [4.69, 9.17) is 0 Å². The molecule has 0 radical (unpaired) electrons. The highest BCUT2D eigenvalue weighted by atomic mass is 32.2. The summed E-state index contributed by atoms with van der Waals surface area (Å²) in [6, 6.07) is 0.512. The van der Waals surface area contributed by atoms with Gasteiger partial charge < -0.3 is 15.1 Å². The van der Waals surface area contributed by atoms with Crippen LogP contribution in [-0.4, -0.2) is 81.5 Å². The molecule has 1 unspecified atom stereocenters. The Hall–Kier alpha value is -0.820. The lowest BCUT2D eigenvalue weighted by Crippen LogP contribution is -2.58. The summed E-state index contributed by atoms with van der Waals surface area (Å²) in [5.41, 5.74) is 0. The van der Waals surface area contributed by atoms with Crippen LogP contribution < -0.4 is 5.32 Å². The first kappa shape index (κ1) is 17.5. The molecule has 1 aliphatic carbocycles. The van der Waals surface area contributed by atoms with Crippen molar-refractivity contribution in [3.8, 4) is 0 Å². The van der Waals surface area contributed by atoms with Crippen molar-refractivity contribution in [1.82, 2.24) is 15.1 Å². The highest BCUT2D eigenvalue weighted by Gasteiger charge is 2.41. The van der Waals surface area contributed by atoms with Gasteiger partial charge in [-0.2, -0.15) is 0 Å². The Balaban J connectivity index is 1.98. The summed E-state index contributed by atoms with van der Waals surface area (Å²) in [4.78, 5) is 8.69. The van der Waals surface area contributed by atoms with Crippen LogP contribution in [-0.2, 0) is 9.84 Å². The van der Waals surface area contributed by atoms with Gasteiger partial charge in [0.15, 0.2) is 15.8 Å². The smallest absolute Gasteiger partial charge is 0.193 e. The molecule has 1 aliphatic heterocycles. The topological polar surface area (TPSA) is 65.0 Å². The fraction of sp³-hybridized carbons (Fsp3) is 0.933. The standard InChI is InChI=1S/C15H30N4O2S/c1-15(2)11-19(8-9-22(15,20)21)14(16-3)17-10-13(18(4)5)12-6-7-12/h12-13H,6-11H2,1-5H3,(H,16,17). The quantitative estimate of drug-likeness (QED) is 0.597. The Morgan fingerprint density at radius 3 is 2.50 bits per heavy atom. The number of sulfone groups is 1. The van der Waals surface area contributed by atoms with Crippen LogP contribution >= 0.6 is 0 Å². The SMILES string of the molecule is CN=C(NCC(C1CC1)N(C)C)N1CCS(=O)(=O)C(C)(C)C1. The molecule has 0 aromatic rings. The van der Waals surface area contributed by atoms with E-state index in [9.17, 15) is 8.42 Å². The predicted octanol–water partition coefficient (Wildman–Crippen LogP) is 0.411. The molecule has 0 spiro atoms. The maximum absolute atomic E-state index is 12.1. The Kier molecular flexibility index (Phi) is 5.06. The average molecular weight is 330 g/mol. The van der Waals surface area contributed by atoms with Gasteiger partial charge in [-0.15, -0.1) is 0 Å². The fourth-order valence-electron chi connectivity index (χ4n) is 3.10. The molecule has 2 fully saturated rings. The molecule has 1 heterocycles. The maximum atomic E-state index is 12.1. The van der Waals surface area contributed by atoms with Crippen LogP contribution in [0.1, 0.15) is 26.7 Å². The average Bonchev–Trinajstić information content (AvgIpc) is 3.22. The number of likely N-dealkylation sites (N-methyl/N-ethyl adjacent to an activating group) is 1. The van der Waals surface area contributed by atoms with Gasteiger partial charge in [-0.1, -0.05) is 0 Å². The van der Waals surface area contributed by atoms with E-state index in [1.54, 1.807) is 20.9 Å². The van der Waals surface area contributed by atoms with E-state index in [1.807, 2.05) is 0 Å². The molecule has 1 saturated heterocycles. The highest BCUT2D eigenvalue weighted by molar-refractivity contribution is 7.92. The third-order valence-corrected chi connectivity index (χ3v) is 7.39. The van der Waals surface area contributed by atoms with Crippen LogP contribution in [0.2, 0.25) is 0 Å². The van der Waals surface area contributed by atoms with Crippen molar-refractivity contribution in [1.29, 1.82) is 0 Å². The van der Waals surface area contributed by atoms with Crippen molar-refractivity contribution in [2.45, 2.75) is 37.5 Å². The molecule has 6 nitrogen and oxygen atoms in total. The van der Waals surface area contributed by atoms with Crippen LogP contribution in [0.25, 0.3) is 0 Å². The normalized spacial score (nSPS) is 26.1. The van der Waals surface area contributed by atoms with Gasteiger partial charge in [-0.25, -0.2) is 8.42 Å². The molecule has 1 saturated carbocycles. The minimum Gasteiger partial charge on any atom is -0.355 e. The summed E-state index contributed by atoms with van der Waals surface area (Å²) in [7, 11) is 2.98. The van der Waals surface area contributed by atoms with Crippen molar-refractivity contribution in [3.63, 3.8) is 0 Å². The molecule has 0 bridgehead atoms. The van der Waals surface area contributed by atoms with Crippen molar-refractivity contribution >= 4 is 15.8 Å². The van der Waals surface area contributed by atoms with Gasteiger partial charge in [0.25, 0.3) is 0 Å². The van der Waals surface area contributed by atoms with Gasteiger partial charge in [0.2, 0.25) is 0 Å². The third kappa shape index (κ3) is 3.74. The van der Waals surface area contributed by atoms with Crippen LogP contribution in [0, 0.1) is 5.92 Å². The Bertz CT molecular complexity index is 522. The van der Waals surface area contributed by atoms with E-state index in [1.165, 1.54) is 12.8 Å². The molecule has 7 heteroatoms. The lowest BCUT2D eigenvalue weighted by Gasteiger charge is -2.39. The second-order valence-corrected chi connectivity index (χ2v) is 10.0. The molecule has 2 rings (SSSR count). The van der Waals surface area contributed by atoms with Crippen LogP contribution in [0.5, 0.6) is 0 Å². The van der Waals surface area contributed by atoms with Gasteiger partial charge in [0.1, 0.15) is 0 Å². The number of nitrogens with one attached hydrogen (secondary N) is 1. The highest BCUT2D eigenvalue weighted by Crippen LogP contribution is 2.34. The van der Waals surface area contributed by atoms with Crippen molar-refractivity contribution in [2.24, 2.45) is 10.9 Å². The molecule has 0 aromatic heterocycles. The third-order valence-electron chi connectivity index (χ3n) is 4.85. The summed E-state index contributed by atoms with van der Waals surface area (Å²) >= 11 is 0. The first-order chi connectivity index (χ1) is 10.2. The first-order valence-electron chi connectivity index (χ1n) is 8.02. The fourth-order valence-corrected chi connectivity index (χ4v) is 4.47. The lowest BCUT2D eigenvalue weighted by atomic mass is 10.1. The molecule has 128 valence electrons. The zero-order valence-electron chi connectivity index (χ0n) is 14.5. The van der Waals surface area contributed by atoms with Gasteiger partial charge in [-0.3, -0.25) is 4.99 Å². The van der Waals surface area contributed by atoms with E-state index in [-0.39, 0.29) is 5.75 Å². The van der Waals surface area contributed by atoms with Gasteiger partial charge >= 0.3 is 0 Å². The molecule has 1 N–H and O–H groups in total. The molecule has 2 aliphatic rings. The molecule has 0 aromatic carbocycles. The Labute approximate surface area is 134 Å². The van der Waals surface area contributed by atoms with Crippen LogP contribution in [0.15, 0.2) is 4.99 Å². The number of hydrogen-bond donors (Lipinski definition) is 1. The monoisotopic (exact) mass is 330 g/mol. The van der Waals surface area contributed by atoms with E-state index >= 15 is 0 Å². The van der Waals surface area contributed by atoms with Gasteiger partial charge in [-0.05, 0) is 46.7 Å². The summed E-state index contributed by atoms with van der Waals surface area (Å²) < 4.78 is 23.5. The summed E-state index contributed by atoms with van der Waals surface area (Å²) in [6.07, 6.45) is 2.61. The summed E-state index contributed by atoms with van der Waals surface area (Å²) in [6.45, 7) is 5.46. The molecule has 1 atom stereocenters. The minimum absolute atomic E-state index is 0.195. The van der Waals surface area contributed by atoms with Crippen LogP contribution in [0.4, 0.5) is 0 Å². The summed E-state index contributed by atoms with van der Waals surface area (Å²) in [5, 5.41) is 3.45. The van der Waals surface area contributed by atoms with Gasteiger partial charge in [0, 0.05) is 32.7 Å². The number of aliphatic imine (C=N–C) groups is 1. The predicted molar refractivity (Wildman–Crippen MR) is 91.0 cm³/mol. The number of rotatable bonds is 4.